The molecule has 102 valence electrons. The fourth-order valence-electron chi connectivity index (χ4n) is 2.75. The zero-order chi connectivity index (χ0) is 14.3. The van der Waals surface area contributed by atoms with Crippen molar-refractivity contribution in [2.45, 2.75) is 74.1 Å². The van der Waals surface area contributed by atoms with Gasteiger partial charge in [-0.2, -0.15) is 0 Å². The summed E-state index contributed by atoms with van der Waals surface area (Å²) in [5, 5.41) is 0. The second-order valence-corrected chi connectivity index (χ2v) is 7.75. The molecule has 1 nitrogen and oxygen atoms in total. The Morgan fingerprint density at radius 1 is 0.833 bits per heavy atom. The molecule has 1 heteroatoms. The van der Waals surface area contributed by atoms with Gasteiger partial charge in [-0.15, -0.1) is 0 Å². The van der Waals surface area contributed by atoms with Gasteiger partial charge in [0, 0.05) is 11.4 Å². The van der Waals surface area contributed by atoms with Gasteiger partial charge in [0.05, 0.1) is 0 Å². The Labute approximate surface area is 113 Å². The molecule has 0 amide bonds. The van der Waals surface area contributed by atoms with Gasteiger partial charge in [0.25, 0.3) is 0 Å². The van der Waals surface area contributed by atoms with E-state index < -0.39 is 0 Å². The van der Waals surface area contributed by atoms with Crippen molar-refractivity contribution in [2.24, 2.45) is 5.41 Å². The van der Waals surface area contributed by atoms with E-state index in [1.165, 1.54) is 28.1 Å². The fourth-order valence-corrected chi connectivity index (χ4v) is 2.75. The minimum Gasteiger partial charge on any atom is -0.258 e. The standard InChI is InChI=1S/C17H29N/c1-11-12(2)18-13(3)14(10-16(4,5)6)15(11)17(7,8)9/h10H2,1-9H3. The summed E-state index contributed by atoms with van der Waals surface area (Å²) >= 11 is 0. The molecule has 0 aliphatic rings. The summed E-state index contributed by atoms with van der Waals surface area (Å²) in [4.78, 5) is 4.73. The lowest BCUT2D eigenvalue weighted by molar-refractivity contribution is 0.403. The van der Waals surface area contributed by atoms with Gasteiger partial charge in [-0.3, -0.25) is 4.98 Å². The number of hydrogen-bond donors (Lipinski definition) is 0. The van der Waals surface area contributed by atoms with Gasteiger partial charge in [-0.1, -0.05) is 41.5 Å². The Kier molecular flexibility index (Phi) is 3.95. The molecular weight excluding hydrogens is 218 g/mol. The lowest BCUT2D eigenvalue weighted by Gasteiger charge is -2.30. The van der Waals surface area contributed by atoms with Crippen molar-refractivity contribution in [2.75, 3.05) is 0 Å². The van der Waals surface area contributed by atoms with Crippen molar-refractivity contribution < 1.29 is 0 Å². The molecular formula is C17H29N. The molecule has 0 bridgehead atoms. The summed E-state index contributed by atoms with van der Waals surface area (Å²) in [5.74, 6) is 0. The van der Waals surface area contributed by atoms with Crippen LogP contribution in [0.25, 0.3) is 0 Å². The van der Waals surface area contributed by atoms with E-state index in [0.29, 0.717) is 5.41 Å². The predicted molar refractivity (Wildman–Crippen MR) is 80.3 cm³/mol. The minimum atomic E-state index is 0.184. The number of hydrogen-bond acceptors (Lipinski definition) is 1. The molecule has 18 heavy (non-hydrogen) atoms. The van der Waals surface area contributed by atoms with E-state index >= 15 is 0 Å². The molecule has 1 rings (SSSR count). The normalized spacial score (nSPS) is 12.9. The van der Waals surface area contributed by atoms with E-state index in [9.17, 15) is 0 Å². The smallest absolute Gasteiger partial charge is 0.0411 e. The maximum atomic E-state index is 4.73. The lowest BCUT2D eigenvalue weighted by Crippen LogP contribution is -2.22. The van der Waals surface area contributed by atoms with Crippen LogP contribution in [-0.4, -0.2) is 4.98 Å². The van der Waals surface area contributed by atoms with Crippen molar-refractivity contribution in [1.82, 2.24) is 4.98 Å². The molecule has 0 aliphatic carbocycles. The zero-order valence-corrected chi connectivity index (χ0v) is 13.7. The van der Waals surface area contributed by atoms with Crippen molar-refractivity contribution in [3.05, 3.63) is 28.1 Å². The van der Waals surface area contributed by atoms with Crippen LogP contribution in [-0.2, 0) is 11.8 Å². The topological polar surface area (TPSA) is 12.9 Å². The summed E-state index contributed by atoms with van der Waals surface area (Å²) < 4.78 is 0. The van der Waals surface area contributed by atoms with Crippen LogP contribution in [0.2, 0.25) is 0 Å². The molecule has 0 saturated carbocycles. The fraction of sp³-hybridized carbons (Fsp3) is 0.706. The molecule has 0 fully saturated rings. The van der Waals surface area contributed by atoms with Crippen LogP contribution in [0.15, 0.2) is 0 Å². The van der Waals surface area contributed by atoms with Crippen LogP contribution in [0.1, 0.15) is 69.6 Å². The van der Waals surface area contributed by atoms with E-state index in [2.05, 4.69) is 62.3 Å². The highest BCUT2D eigenvalue weighted by atomic mass is 14.7. The van der Waals surface area contributed by atoms with Gasteiger partial charge in [0.2, 0.25) is 0 Å². The van der Waals surface area contributed by atoms with Gasteiger partial charge >= 0.3 is 0 Å². The summed E-state index contributed by atoms with van der Waals surface area (Å²) in [5.41, 5.74) is 7.19. The molecule has 0 atom stereocenters. The average molecular weight is 247 g/mol. The van der Waals surface area contributed by atoms with E-state index in [1.807, 2.05) is 0 Å². The predicted octanol–water partition coefficient (Wildman–Crippen LogP) is 4.89. The summed E-state index contributed by atoms with van der Waals surface area (Å²) in [6.45, 7) is 20.3. The SMILES string of the molecule is Cc1nc(C)c(CC(C)(C)C)c(C(C)(C)C)c1C. The van der Waals surface area contributed by atoms with E-state index in [0.717, 1.165) is 6.42 Å². The van der Waals surface area contributed by atoms with Crippen LogP contribution in [0.4, 0.5) is 0 Å². The van der Waals surface area contributed by atoms with Crippen LogP contribution >= 0.6 is 0 Å². The average Bonchev–Trinajstić information content (AvgIpc) is 2.09. The van der Waals surface area contributed by atoms with Crippen molar-refractivity contribution in [1.29, 1.82) is 0 Å². The first-order chi connectivity index (χ1) is 7.93. The Bertz CT molecular complexity index is 442. The number of pyridine rings is 1. The van der Waals surface area contributed by atoms with E-state index in [1.54, 1.807) is 0 Å². The van der Waals surface area contributed by atoms with E-state index in [-0.39, 0.29) is 5.41 Å². The molecule has 0 saturated heterocycles. The molecule has 1 heterocycles. The van der Waals surface area contributed by atoms with Gasteiger partial charge in [0.15, 0.2) is 0 Å². The van der Waals surface area contributed by atoms with Gasteiger partial charge in [-0.05, 0) is 54.7 Å². The van der Waals surface area contributed by atoms with Crippen molar-refractivity contribution >= 4 is 0 Å². The van der Waals surface area contributed by atoms with Gasteiger partial charge in [0.1, 0.15) is 0 Å². The van der Waals surface area contributed by atoms with Crippen molar-refractivity contribution in [3.63, 3.8) is 0 Å². The second kappa shape index (κ2) is 4.68. The lowest BCUT2D eigenvalue weighted by atomic mass is 9.76. The summed E-state index contributed by atoms with van der Waals surface area (Å²) in [6.07, 6.45) is 1.10. The van der Waals surface area contributed by atoms with Crippen LogP contribution in [0.3, 0.4) is 0 Å². The maximum absolute atomic E-state index is 4.73. The number of rotatable bonds is 1. The van der Waals surface area contributed by atoms with Gasteiger partial charge in [-0.25, -0.2) is 0 Å². The first-order valence-electron chi connectivity index (χ1n) is 6.90. The molecule has 1 aromatic heterocycles. The monoisotopic (exact) mass is 247 g/mol. The van der Waals surface area contributed by atoms with Crippen LogP contribution < -0.4 is 0 Å². The third-order valence-electron chi connectivity index (χ3n) is 3.45. The molecule has 0 spiro atoms. The van der Waals surface area contributed by atoms with Crippen LogP contribution in [0.5, 0.6) is 0 Å². The highest BCUT2D eigenvalue weighted by Crippen LogP contribution is 2.35. The molecule has 0 aliphatic heterocycles. The molecule has 0 aromatic carbocycles. The number of nitrogens with zero attached hydrogens (tertiary/aromatic N) is 1. The first-order valence-corrected chi connectivity index (χ1v) is 6.90. The third kappa shape index (κ3) is 3.34. The number of aryl methyl sites for hydroxylation is 2. The van der Waals surface area contributed by atoms with Gasteiger partial charge < -0.3 is 0 Å². The molecule has 1 aromatic rings. The first kappa shape index (κ1) is 15.2. The highest BCUT2D eigenvalue weighted by Gasteiger charge is 2.26. The Balaban J connectivity index is 3.54. The minimum absolute atomic E-state index is 0.184. The zero-order valence-electron chi connectivity index (χ0n) is 13.7. The highest BCUT2D eigenvalue weighted by molar-refractivity contribution is 5.44. The second-order valence-electron chi connectivity index (χ2n) is 7.75. The third-order valence-corrected chi connectivity index (χ3v) is 3.45. The van der Waals surface area contributed by atoms with E-state index in [4.69, 9.17) is 4.98 Å². The maximum Gasteiger partial charge on any atom is 0.0411 e. The quantitative estimate of drug-likeness (QED) is 0.688. The Hall–Kier alpha value is -0.850. The van der Waals surface area contributed by atoms with Crippen molar-refractivity contribution in [3.8, 4) is 0 Å². The Morgan fingerprint density at radius 3 is 1.72 bits per heavy atom. The molecule has 0 radical (unpaired) electrons. The molecule has 0 N–H and O–H groups in total. The summed E-state index contributed by atoms with van der Waals surface area (Å²) in [6, 6.07) is 0. The molecule has 0 unspecified atom stereocenters. The number of aromatic nitrogens is 1. The van der Waals surface area contributed by atoms with Crippen LogP contribution in [0, 0.1) is 26.2 Å². The largest absolute Gasteiger partial charge is 0.258 e. The summed E-state index contributed by atoms with van der Waals surface area (Å²) in [7, 11) is 0. The Morgan fingerprint density at radius 2 is 1.33 bits per heavy atom.